The summed E-state index contributed by atoms with van der Waals surface area (Å²) >= 11 is 0. The van der Waals surface area contributed by atoms with E-state index in [-0.39, 0.29) is 5.54 Å². The Morgan fingerprint density at radius 2 is 2.17 bits per heavy atom. The molecule has 3 aliphatic rings. The van der Waals surface area contributed by atoms with Gasteiger partial charge in [-0.25, -0.2) is 0 Å². The Balaban J connectivity index is 1.80. The Bertz CT molecular complexity index is 466. The van der Waals surface area contributed by atoms with Gasteiger partial charge in [-0.3, -0.25) is 4.99 Å². The molecule has 2 nitrogen and oxygen atoms in total. The van der Waals surface area contributed by atoms with Gasteiger partial charge >= 0.3 is 0 Å². The zero-order valence-electron chi connectivity index (χ0n) is 11.0. The molecular weight excluding hydrogens is 222 g/mol. The monoisotopic (exact) mass is 243 g/mol. The lowest BCUT2D eigenvalue weighted by Crippen LogP contribution is -2.40. The predicted molar refractivity (Wildman–Crippen MR) is 74.4 cm³/mol. The van der Waals surface area contributed by atoms with Gasteiger partial charge in [0.15, 0.2) is 0 Å². The van der Waals surface area contributed by atoms with Crippen LogP contribution in [0.3, 0.4) is 0 Å². The van der Waals surface area contributed by atoms with E-state index >= 15 is 0 Å². The van der Waals surface area contributed by atoms with Crippen LogP contribution in [-0.4, -0.2) is 16.9 Å². The Morgan fingerprint density at radius 1 is 1.33 bits per heavy atom. The number of hydrogen-bond donors (Lipinski definition) is 1. The summed E-state index contributed by atoms with van der Waals surface area (Å²) in [6.45, 7) is 1.93. The third kappa shape index (κ3) is 2.05. The van der Waals surface area contributed by atoms with E-state index in [4.69, 9.17) is 4.99 Å². The van der Waals surface area contributed by atoms with Crippen LogP contribution < -0.4 is 0 Å². The van der Waals surface area contributed by atoms with Crippen molar-refractivity contribution in [2.24, 2.45) is 10.9 Å². The largest absolute Gasteiger partial charge is 0.507 e. The molecule has 4 rings (SSSR count). The van der Waals surface area contributed by atoms with Gasteiger partial charge in [0.25, 0.3) is 0 Å². The number of benzene rings is 1. The molecule has 0 amide bonds. The van der Waals surface area contributed by atoms with Crippen molar-refractivity contribution in [3.05, 3.63) is 29.3 Å². The molecule has 3 saturated carbocycles. The molecule has 2 heteroatoms. The number of rotatable bonds is 2. The van der Waals surface area contributed by atoms with Gasteiger partial charge < -0.3 is 5.11 Å². The van der Waals surface area contributed by atoms with Crippen molar-refractivity contribution in [3.8, 4) is 5.75 Å². The van der Waals surface area contributed by atoms with Crippen molar-refractivity contribution >= 4 is 6.21 Å². The minimum atomic E-state index is 0.206. The van der Waals surface area contributed by atoms with Crippen LogP contribution in [0.1, 0.15) is 49.7 Å². The lowest BCUT2D eigenvalue weighted by Gasteiger charge is -2.43. The van der Waals surface area contributed by atoms with E-state index in [1.807, 2.05) is 31.3 Å². The van der Waals surface area contributed by atoms with Gasteiger partial charge in [-0.05, 0) is 43.7 Å². The quantitative estimate of drug-likeness (QED) is 0.786. The fraction of sp³-hybridized carbons (Fsp3) is 0.562. The maximum atomic E-state index is 9.99. The number of nitrogens with zero attached hydrogens (tertiary/aromatic N) is 1. The number of aliphatic imine (C=N–C) groups is 1. The minimum Gasteiger partial charge on any atom is -0.507 e. The highest BCUT2D eigenvalue weighted by atomic mass is 16.3. The van der Waals surface area contributed by atoms with Crippen molar-refractivity contribution in [1.29, 1.82) is 0 Å². The lowest BCUT2D eigenvalue weighted by atomic mass is 9.68. The van der Waals surface area contributed by atoms with Crippen LogP contribution in [0.5, 0.6) is 5.75 Å². The Morgan fingerprint density at radius 3 is 3.00 bits per heavy atom. The summed E-state index contributed by atoms with van der Waals surface area (Å²) < 4.78 is 0. The van der Waals surface area contributed by atoms with Crippen LogP contribution in [-0.2, 0) is 0 Å². The summed E-state index contributed by atoms with van der Waals surface area (Å²) in [5, 5.41) is 9.99. The highest BCUT2D eigenvalue weighted by Gasteiger charge is 2.44. The van der Waals surface area contributed by atoms with Crippen LogP contribution in [0.2, 0.25) is 0 Å². The van der Waals surface area contributed by atoms with Crippen LogP contribution in [0.15, 0.2) is 23.2 Å². The molecular formula is C16H21NO. The second kappa shape index (κ2) is 4.42. The van der Waals surface area contributed by atoms with E-state index in [1.165, 1.54) is 38.5 Å². The van der Waals surface area contributed by atoms with Gasteiger partial charge in [-0.2, -0.15) is 0 Å². The van der Waals surface area contributed by atoms with Gasteiger partial charge in [-0.15, -0.1) is 0 Å². The standard InChI is InChI=1S/C16H21NO/c1-12-5-4-7-14(15(12)18)11-17-16-8-3-2-6-13(9-16)10-16/h4-5,7,11,13,18H,2-3,6,8-10H2,1H3. The molecule has 0 aliphatic heterocycles. The number of hydrogen-bond acceptors (Lipinski definition) is 2. The Labute approximate surface area is 109 Å². The molecule has 0 unspecified atom stereocenters. The Hall–Kier alpha value is -1.31. The van der Waals surface area contributed by atoms with Crippen LogP contribution in [0, 0.1) is 12.8 Å². The summed E-state index contributed by atoms with van der Waals surface area (Å²) in [6.07, 6.45) is 9.72. The smallest absolute Gasteiger partial charge is 0.127 e. The third-order valence-corrected chi connectivity index (χ3v) is 4.59. The molecule has 3 aliphatic carbocycles. The molecule has 0 saturated heterocycles. The second-order valence-corrected chi connectivity index (χ2v) is 6.02. The first-order chi connectivity index (χ1) is 8.69. The van der Waals surface area contributed by atoms with E-state index < -0.39 is 0 Å². The molecule has 0 radical (unpaired) electrons. The average molecular weight is 243 g/mol. The fourth-order valence-corrected chi connectivity index (χ4v) is 3.47. The topological polar surface area (TPSA) is 32.6 Å². The van der Waals surface area contributed by atoms with Gasteiger partial charge in [0, 0.05) is 11.8 Å². The van der Waals surface area contributed by atoms with E-state index in [2.05, 4.69) is 0 Å². The average Bonchev–Trinajstić information content (AvgIpc) is 2.64. The molecule has 0 atom stereocenters. The predicted octanol–water partition coefficient (Wildman–Crippen LogP) is 3.84. The highest BCUT2D eigenvalue weighted by Crippen LogP contribution is 2.49. The fourth-order valence-electron chi connectivity index (χ4n) is 3.47. The Kier molecular flexibility index (Phi) is 2.89. The zero-order chi connectivity index (χ0) is 12.6. The van der Waals surface area contributed by atoms with Crippen molar-refractivity contribution in [1.82, 2.24) is 0 Å². The van der Waals surface area contributed by atoms with Crippen LogP contribution >= 0.6 is 0 Å². The second-order valence-electron chi connectivity index (χ2n) is 6.02. The normalized spacial score (nSPS) is 31.1. The van der Waals surface area contributed by atoms with Crippen molar-refractivity contribution in [2.45, 2.75) is 51.0 Å². The first-order valence-corrected chi connectivity index (χ1v) is 7.02. The zero-order valence-corrected chi connectivity index (χ0v) is 11.0. The molecule has 0 aromatic heterocycles. The van der Waals surface area contributed by atoms with Crippen molar-refractivity contribution in [3.63, 3.8) is 0 Å². The summed E-state index contributed by atoms with van der Waals surface area (Å²) in [4.78, 5) is 4.83. The molecule has 0 spiro atoms. The number of aromatic hydroxyl groups is 1. The summed E-state index contributed by atoms with van der Waals surface area (Å²) in [7, 11) is 0. The van der Waals surface area contributed by atoms with Gasteiger partial charge in [-0.1, -0.05) is 31.4 Å². The molecule has 0 heterocycles. The number of aryl methyl sites for hydroxylation is 1. The maximum absolute atomic E-state index is 9.99. The summed E-state index contributed by atoms with van der Waals surface area (Å²) in [5.41, 5.74) is 1.98. The SMILES string of the molecule is Cc1cccc(C=NC23CCCCC(C2)C3)c1O. The minimum absolute atomic E-state index is 0.206. The number of para-hydroxylation sites is 1. The molecule has 1 aromatic rings. The molecule has 18 heavy (non-hydrogen) atoms. The first-order valence-electron chi connectivity index (χ1n) is 7.02. The molecule has 3 fully saturated rings. The maximum Gasteiger partial charge on any atom is 0.127 e. The summed E-state index contributed by atoms with van der Waals surface area (Å²) in [6, 6.07) is 5.84. The van der Waals surface area contributed by atoms with Crippen LogP contribution in [0.4, 0.5) is 0 Å². The number of phenols is 1. The molecule has 2 bridgehead atoms. The van der Waals surface area contributed by atoms with Crippen molar-refractivity contribution < 1.29 is 5.11 Å². The lowest BCUT2D eigenvalue weighted by molar-refractivity contribution is 0.156. The third-order valence-electron chi connectivity index (χ3n) is 4.59. The summed E-state index contributed by atoms with van der Waals surface area (Å²) in [5.74, 6) is 1.29. The number of phenolic OH excluding ortho intramolecular Hbond substituents is 1. The van der Waals surface area contributed by atoms with E-state index in [0.717, 1.165) is 17.0 Å². The van der Waals surface area contributed by atoms with E-state index in [0.29, 0.717) is 5.75 Å². The molecule has 96 valence electrons. The van der Waals surface area contributed by atoms with Crippen LogP contribution in [0.25, 0.3) is 0 Å². The van der Waals surface area contributed by atoms with Gasteiger partial charge in [0.05, 0.1) is 5.54 Å². The van der Waals surface area contributed by atoms with Gasteiger partial charge in [0.1, 0.15) is 5.75 Å². The van der Waals surface area contributed by atoms with E-state index in [9.17, 15) is 5.11 Å². The first kappa shape index (κ1) is 11.8. The number of fused-ring (bicyclic) bond motifs is 3. The highest BCUT2D eigenvalue weighted by molar-refractivity contribution is 5.84. The van der Waals surface area contributed by atoms with Gasteiger partial charge in [0.2, 0.25) is 0 Å². The van der Waals surface area contributed by atoms with E-state index in [1.54, 1.807) is 0 Å². The van der Waals surface area contributed by atoms with Crippen molar-refractivity contribution in [2.75, 3.05) is 0 Å². The molecule has 1 aromatic carbocycles. The molecule has 1 N–H and O–H groups in total.